The molecule has 2 heterocycles. The third kappa shape index (κ3) is 8.40. The second-order valence-corrected chi connectivity index (χ2v) is 11.1. The molecule has 14 heteroatoms. The van der Waals surface area contributed by atoms with E-state index < -0.39 is 35.4 Å². The highest BCUT2D eigenvalue weighted by Gasteiger charge is 2.26. The van der Waals surface area contributed by atoms with Crippen molar-refractivity contribution in [3.8, 4) is 10.7 Å². The van der Waals surface area contributed by atoms with Crippen molar-refractivity contribution in [3.05, 3.63) is 87.2 Å². The number of alkyl carbamates (subject to hydrolysis) is 1. The molecule has 2 aromatic heterocycles. The molecule has 0 bridgehead atoms. The van der Waals surface area contributed by atoms with Crippen LogP contribution >= 0.6 is 22.7 Å². The minimum Gasteiger partial charge on any atom is -0.748 e. The van der Waals surface area contributed by atoms with E-state index in [9.17, 15) is 18.4 Å². The molecule has 4 rings (SSSR count). The first-order valence-electron chi connectivity index (χ1n) is 12.0. The number of nitrogens with one attached hydrogen (secondary N) is 3. The smallest absolute Gasteiger partial charge is 0.407 e. The predicted molar refractivity (Wildman–Crippen MR) is 152 cm³/mol. The van der Waals surface area contributed by atoms with Gasteiger partial charge < -0.3 is 19.9 Å². The molecule has 0 aliphatic heterocycles. The van der Waals surface area contributed by atoms with Crippen LogP contribution in [-0.4, -0.2) is 43.9 Å². The number of hydrogen-bond donors (Lipinski definition) is 3. The molecule has 0 saturated heterocycles. The lowest BCUT2D eigenvalue weighted by Gasteiger charge is -2.23. The van der Waals surface area contributed by atoms with Crippen LogP contribution in [0.15, 0.2) is 65.4 Å². The average Bonchev–Trinajstić information content (AvgIpc) is 3.61. The predicted octanol–water partition coefficient (Wildman–Crippen LogP) is 4.08. The van der Waals surface area contributed by atoms with Crippen molar-refractivity contribution < 1.29 is 27.4 Å². The third-order valence-corrected chi connectivity index (χ3v) is 7.61. The summed E-state index contributed by atoms with van der Waals surface area (Å²) < 4.78 is 30.4. The van der Waals surface area contributed by atoms with Gasteiger partial charge in [-0.15, -0.1) is 22.7 Å². The van der Waals surface area contributed by atoms with Crippen LogP contribution in [0, 0.1) is 6.92 Å². The number of carbonyl (C=O) groups excluding carboxylic acids is 2. The monoisotopic (exact) mass is 600 g/mol. The summed E-state index contributed by atoms with van der Waals surface area (Å²) in [4.78, 5) is 34.9. The quantitative estimate of drug-likeness (QED) is 0.161. The number of aromatic nitrogens is 2. The van der Waals surface area contributed by atoms with E-state index in [1.165, 1.54) is 29.8 Å². The van der Waals surface area contributed by atoms with Gasteiger partial charge in [-0.05, 0) is 36.6 Å². The van der Waals surface area contributed by atoms with Gasteiger partial charge in [-0.2, -0.15) is 4.28 Å². The largest absolute Gasteiger partial charge is 0.748 e. The summed E-state index contributed by atoms with van der Waals surface area (Å²) in [6, 6.07) is 14.8. The molecule has 0 spiro atoms. The van der Waals surface area contributed by atoms with Gasteiger partial charge in [0.25, 0.3) is 0 Å². The molecule has 4 aromatic rings. The number of thiazole rings is 2. The van der Waals surface area contributed by atoms with Crippen LogP contribution in [0.3, 0.4) is 0 Å². The number of rotatable bonds is 12. The zero-order valence-electron chi connectivity index (χ0n) is 21.5. The van der Waals surface area contributed by atoms with E-state index in [4.69, 9.17) is 9.72 Å². The maximum atomic E-state index is 13.6. The molecule has 2 aromatic carbocycles. The molecule has 0 fully saturated rings. The van der Waals surface area contributed by atoms with Crippen LogP contribution in [0.4, 0.5) is 10.5 Å². The second-order valence-electron chi connectivity index (χ2n) is 8.56. The Kier molecular flexibility index (Phi) is 10.3. The molecule has 0 aliphatic carbocycles. The van der Waals surface area contributed by atoms with E-state index in [2.05, 4.69) is 25.4 Å². The number of hydrogen-bond acceptors (Lipinski definition) is 11. The highest BCUT2D eigenvalue weighted by atomic mass is 32.2. The summed E-state index contributed by atoms with van der Waals surface area (Å²) >= 11 is 0.247. The first kappa shape index (κ1) is 29.3. The van der Waals surface area contributed by atoms with Gasteiger partial charge in [-0.3, -0.25) is 10.3 Å². The Hall–Kier alpha value is -3.69. The molecule has 0 saturated carbocycles. The maximum Gasteiger partial charge on any atom is 0.407 e. The Bertz CT molecular complexity index is 1440. The van der Waals surface area contributed by atoms with Crippen LogP contribution in [0.2, 0.25) is 0 Å². The van der Waals surface area contributed by atoms with E-state index in [-0.39, 0.29) is 6.42 Å². The SMILES string of the molecule is COC(=O)N[C@@H](Cc1ccccc1)C(=O)N[C@@H](Cc1ccc(NOS(=O)[O-])cc1)c1csc(-c2csc(C)n2)n1. The van der Waals surface area contributed by atoms with Gasteiger partial charge in [-0.25, -0.2) is 19.0 Å². The van der Waals surface area contributed by atoms with Gasteiger partial charge in [0.1, 0.15) is 28.1 Å². The zero-order valence-corrected chi connectivity index (χ0v) is 23.9. The molecular formula is C26H26N5O6S3-. The number of anilines is 1. The zero-order chi connectivity index (χ0) is 28.5. The van der Waals surface area contributed by atoms with Crippen molar-refractivity contribution >= 4 is 51.7 Å². The summed E-state index contributed by atoms with van der Waals surface area (Å²) in [5.74, 6) is -0.400. The van der Waals surface area contributed by atoms with Gasteiger partial charge >= 0.3 is 6.09 Å². The van der Waals surface area contributed by atoms with E-state index in [1.807, 2.05) is 48.0 Å². The van der Waals surface area contributed by atoms with E-state index in [0.29, 0.717) is 17.8 Å². The fourth-order valence-electron chi connectivity index (χ4n) is 3.81. The van der Waals surface area contributed by atoms with Gasteiger partial charge in [0.15, 0.2) is 0 Å². The summed E-state index contributed by atoms with van der Waals surface area (Å²) in [5.41, 5.74) is 5.89. The second kappa shape index (κ2) is 14.1. The lowest BCUT2D eigenvalue weighted by atomic mass is 10.0. The number of methoxy groups -OCH3 is 1. The van der Waals surface area contributed by atoms with Crippen LogP contribution in [0.1, 0.15) is 27.9 Å². The number of nitrogens with zero attached hydrogens (tertiary/aromatic N) is 2. The molecule has 3 N–H and O–H groups in total. The molecule has 1 unspecified atom stereocenters. The van der Waals surface area contributed by atoms with Crippen molar-refractivity contribution in [2.45, 2.75) is 31.8 Å². The van der Waals surface area contributed by atoms with Gasteiger partial charge in [-0.1, -0.05) is 42.5 Å². The third-order valence-electron chi connectivity index (χ3n) is 5.73. The van der Waals surface area contributed by atoms with Crippen LogP contribution in [0.5, 0.6) is 0 Å². The Morgan fingerprint density at radius 1 is 0.975 bits per heavy atom. The molecule has 40 heavy (non-hydrogen) atoms. The molecule has 0 radical (unpaired) electrons. The number of aryl methyl sites for hydroxylation is 1. The van der Waals surface area contributed by atoms with Crippen molar-refractivity contribution in [2.75, 3.05) is 12.6 Å². The normalized spacial score (nSPS) is 13.2. The first-order valence-corrected chi connectivity index (χ1v) is 14.7. The van der Waals surface area contributed by atoms with Crippen LogP contribution < -0.4 is 16.1 Å². The number of ether oxygens (including phenoxy) is 1. The lowest BCUT2D eigenvalue weighted by Crippen LogP contribution is -2.49. The molecule has 3 atom stereocenters. The van der Waals surface area contributed by atoms with Gasteiger partial charge in [0.05, 0.1) is 29.5 Å². The average molecular weight is 601 g/mol. The fraction of sp³-hybridized carbons (Fsp3) is 0.231. The summed E-state index contributed by atoms with van der Waals surface area (Å²) in [7, 11) is 1.24. The Balaban J connectivity index is 1.58. The van der Waals surface area contributed by atoms with Crippen LogP contribution in [-0.2, 0) is 38.0 Å². The number of benzene rings is 2. The van der Waals surface area contributed by atoms with Crippen molar-refractivity contribution in [2.24, 2.45) is 0 Å². The highest BCUT2D eigenvalue weighted by Crippen LogP contribution is 2.29. The van der Waals surface area contributed by atoms with Crippen molar-refractivity contribution in [1.82, 2.24) is 20.6 Å². The topological polar surface area (TPSA) is 155 Å². The number of carbonyl (C=O) groups is 2. The fourth-order valence-corrected chi connectivity index (χ4v) is 5.48. The Morgan fingerprint density at radius 3 is 2.35 bits per heavy atom. The maximum absolute atomic E-state index is 13.6. The lowest BCUT2D eigenvalue weighted by molar-refractivity contribution is -0.123. The summed E-state index contributed by atoms with van der Waals surface area (Å²) in [5, 5.41) is 11.1. The van der Waals surface area contributed by atoms with Crippen molar-refractivity contribution in [3.63, 3.8) is 0 Å². The van der Waals surface area contributed by atoms with E-state index in [0.717, 1.165) is 26.8 Å². The number of amides is 2. The molecule has 0 aliphatic rings. The van der Waals surface area contributed by atoms with E-state index >= 15 is 0 Å². The standard InChI is InChI=1S/C26H27N5O6S3/c1-16-27-23(15-38-16)25-29-22(14-39-25)20(12-18-8-10-19(11-9-18)31-37-40(34)35)28-24(32)21(30-26(33)36-2)13-17-6-4-3-5-7-17/h3-11,14-15,20-21,31H,12-13H2,1-2H3,(H,28,32)(H,30,33)(H,34,35)/p-1/t20-,21-/m0/s1. The Morgan fingerprint density at radius 2 is 1.70 bits per heavy atom. The Labute approximate surface area is 241 Å². The molecule has 2 amide bonds. The summed E-state index contributed by atoms with van der Waals surface area (Å²) in [6.45, 7) is 1.92. The highest BCUT2D eigenvalue weighted by molar-refractivity contribution is 7.74. The minimum atomic E-state index is -2.71. The molecule has 11 nitrogen and oxygen atoms in total. The molecule has 210 valence electrons. The van der Waals surface area contributed by atoms with Crippen molar-refractivity contribution in [1.29, 1.82) is 0 Å². The van der Waals surface area contributed by atoms with Crippen LogP contribution in [0.25, 0.3) is 10.7 Å². The molecular weight excluding hydrogens is 575 g/mol. The van der Waals surface area contributed by atoms with Gasteiger partial charge in [0, 0.05) is 17.2 Å². The summed E-state index contributed by atoms with van der Waals surface area (Å²) in [6.07, 6.45) is -0.0847. The first-order chi connectivity index (χ1) is 19.3. The van der Waals surface area contributed by atoms with E-state index in [1.54, 1.807) is 24.3 Å². The minimum absolute atomic E-state index is 0.260. The van der Waals surface area contributed by atoms with Gasteiger partial charge in [0.2, 0.25) is 5.91 Å².